The molecule has 0 radical (unpaired) electrons. The van der Waals surface area contributed by atoms with Crippen molar-refractivity contribution in [1.82, 2.24) is 4.90 Å². The van der Waals surface area contributed by atoms with E-state index < -0.39 is 0 Å². The zero-order valence-corrected chi connectivity index (χ0v) is 19.0. The minimum Gasteiger partial charge on any atom is -0.376 e. The van der Waals surface area contributed by atoms with E-state index >= 15 is 0 Å². The summed E-state index contributed by atoms with van der Waals surface area (Å²) < 4.78 is 0. The first-order chi connectivity index (χ1) is 15.4. The minimum absolute atomic E-state index is 0.0336. The molecule has 0 spiro atoms. The van der Waals surface area contributed by atoms with Crippen molar-refractivity contribution >= 4 is 34.8 Å². The molecule has 1 aliphatic rings. The highest BCUT2D eigenvalue weighted by Gasteiger charge is 2.21. The molecule has 1 saturated heterocycles. The summed E-state index contributed by atoms with van der Waals surface area (Å²) in [4.78, 5) is 38.8. The Morgan fingerprint density at radius 3 is 2.44 bits per heavy atom. The van der Waals surface area contributed by atoms with Gasteiger partial charge in [-0.05, 0) is 61.6 Å². The number of amides is 3. The van der Waals surface area contributed by atoms with E-state index in [0.717, 1.165) is 37.2 Å². The second kappa shape index (κ2) is 10.8. The largest absolute Gasteiger partial charge is 0.376 e. The number of carbonyl (C=O) groups excluding carboxylic acids is 3. The average Bonchev–Trinajstić information content (AvgIpc) is 2.80. The van der Waals surface area contributed by atoms with Crippen molar-refractivity contribution in [1.29, 1.82) is 0 Å². The van der Waals surface area contributed by atoms with Gasteiger partial charge < -0.3 is 20.9 Å². The lowest BCUT2D eigenvalue weighted by atomic mass is 9.98. The highest BCUT2D eigenvalue weighted by Crippen LogP contribution is 2.21. The lowest BCUT2D eigenvalue weighted by Crippen LogP contribution is -2.37. The molecule has 7 nitrogen and oxygen atoms in total. The molecular weight excluding hydrogens is 404 g/mol. The smallest absolute Gasteiger partial charge is 0.253 e. The summed E-state index contributed by atoms with van der Waals surface area (Å²) >= 11 is 0. The minimum atomic E-state index is -0.219. The number of carbonyl (C=O) groups is 3. The molecule has 3 N–H and O–H groups in total. The molecule has 32 heavy (non-hydrogen) atoms. The zero-order chi connectivity index (χ0) is 23.1. The van der Waals surface area contributed by atoms with Crippen LogP contribution in [0.2, 0.25) is 0 Å². The van der Waals surface area contributed by atoms with Crippen molar-refractivity contribution in [2.75, 3.05) is 35.6 Å². The van der Waals surface area contributed by atoms with Crippen molar-refractivity contribution < 1.29 is 14.4 Å². The van der Waals surface area contributed by atoms with Gasteiger partial charge in [0.25, 0.3) is 5.91 Å². The second-order valence-electron chi connectivity index (χ2n) is 8.39. The van der Waals surface area contributed by atoms with E-state index in [0.29, 0.717) is 29.3 Å². The topological polar surface area (TPSA) is 90.5 Å². The number of likely N-dealkylation sites (tertiary alicyclic amines) is 1. The molecule has 170 valence electrons. The third-order valence-electron chi connectivity index (χ3n) is 5.75. The molecule has 0 aliphatic carbocycles. The van der Waals surface area contributed by atoms with E-state index in [4.69, 9.17) is 0 Å². The van der Waals surface area contributed by atoms with Crippen LogP contribution in [-0.2, 0) is 9.59 Å². The molecule has 2 aromatic carbocycles. The molecule has 0 unspecified atom stereocenters. The number of rotatable bonds is 7. The molecule has 0 bridgehead atoms. The van der Waals surface area contributed by atoms with Crippen molar-refractivity contribution in [3.63, 3.8) is 0 Å². The summed E-state index contributed by atoms with van der Waals surface area (Å²) in [6.07, 6.45) is 2.46. The van der Waals surface area contributed by atoms with E-state index in [1.807, 2.05) is 36.1 Å². The van der Waals surface area contributed by atoms with E-state index in [2.05, 4.69) is 22.9 Å². The van der Waals surface area contributed by atoms with Crippen LogP contribution in [-0.4, -0.2) is 42.3 Å². The Morgan fingerprint density at radius 2 is 1.72 bits per heavy atom. The highest BCUT2D eigenvalue weighted by atomic mass is 16.2. The van der Waals surface area contributed by atoms with Crippen LogP contribution in [0.25, 0.3) is 0 Å². The van der Waals surface area contributed by atoms with Crippen LogP contribution in [0, 0.1) is 12.8 Å². The predicted molar refractivity (Wildman–Crippen MR) is 128 cm³/mol. The van der Waals surface area contributed by atoms with Crippen LogP contribution in [0.15, 0.2) is 42.5 Å². The summed E-state index contributed by atoms with van der Waals surface area (Å²) in [7, 11) is 0. The Bertz CT molecular complexity index is 981. The van der Waals surface area contributed by atoms with Crippen LogP contribution in [0.3, 0.4) is 0 Å². The van der Waals surface area contributed by atoms with Gasteiger partial charge in [0, 0.05) is 42.1 Å². The lowest BCUT2D eigenvalue weighted by molar-refractivity contribution is -0.116. The maximum Gasteiger partial charge on any atom is 0.253 e. The van der Waals surface area contributed by atoms with Crippen LogP contribution >= 0.6 is 0 Å². The van der Waals surface area contributed by atoms with E-state index in [1.165, 1.54) is 0 Å². The summed E-state index contributed by atoms with van der Waals surface area (Å²) in [5, 5.41) is 8.76. The summed E-state index contributed by atoms with van der Waals surface area (Å²) in [6, 6.07) is 12.7. The fourth-order valence-electron chi connectivity index (χ4n) is 3.62. The van der Waals surface area contributed by atoms with Crippen molar-refractivity contribution in [2.45, 2.75) is 40.0 Å². The number of nitrogens with zero attached hydrogens (tertiary/aromatic N) is 1. The Balaban J connectivity index is 1.56. The number of benzene rings is 2. The van der Waals surface area contributed by atoms with Gasteiger partial charge in [-0.2, -0.15) is 0 Å². The van der Waals surface area contributed by atoms with E-state index in [9.17, 15) is 14.4 Å². The monoisotopic (exact) mass is 436 g/mol. The fraction of sp³-hybridized carbons (Fsp3) is 0.400. The van der Waals surface area contributed by atoms with Gasteiger partial charge in [0.05, 0.1) is 6.54 Å². The standard InChI is InChI=1S/C25H32N4O3/c1-4-23(30)28-22-15-21(9-8-18(22)3)27-24(31)16-26-20-7-5-6-19(14-20)25(32)29-12-10-17(2)11-13-29/h5-9,14-15,17,26H,4,10-13,16H2,1-3H3,(H,27,31)(H,28,30). The van der Waals surface area contributed by atoms with Crippen molar-refractivity contribution in [3.8, 4) is 0 Å². The van der Waals surface area contributed by atoms with Gasteiger partial charge in [0.15, 0.2) is 0 Å². The second-order valence-corrected chi connectivity index (χ2v) is 8.39. The number of hydrogen-bond acceptors (Lipinski definition) is 4. The summed E-state index contributed by atoms with van der Waals surface area (Å²) in [5.41, 5.74) is 3.56. The van der Waals surface area contributed by atoms with Crippen LogP contribution in [0.5, 0.6) is 0 Å². The average molecular weight is 437 g/mol. The molecule has 2 aromatic rings. The molecule has 3 rings (SSSR count). The molecule has 1 aliphatic heterocycles. The van der Waals surface area contributed by atoms with Gasteiger partial charge in [-0.25, -0.2) is 0 Å². The molecule has 0 saturated carbocycles. The maximum absolute atomic E-state index is 12.8. The lowest BCUT2D eigenvalue weighted by Gasteiger charge is -2.30. The first-order valence-corrected chi connectivity index (χ1v) is 11.2. The zero-order valence-electron chi connectivity index (χ0n) is 19.0. The molecule has 0 aromatic heterocycles. The summed E-state index contributed by atoms with van der Waals surface area (Å²) in [6.45, 7) is 7.54. The SMILES string of the molecule is CCC(=O)Nc1cc(NC(=O)CNc2cccc(C(=O)N3CCC(C)CC3)c2)ccc1C. The van der Waals surface area contributed by atoms with Gasteiger partial charge in [-0.3, -0.25) is 14.4 Å². The number of hydrogen-bond donors (Lipinski definition) is 3. The van der Waals surface area contributed by atoms with Gasteiger partial charge in [0.1, 0.15) is 0 Å². The van der Waals surface area contributed by atoms with Gasteiger partial charge in [-0.1, -0.05) is 26.0 Å². The van der Waals surface area contributed by atoms with Gasteiger partial charge in [0.2, 0.25) is 11.8 Å². The Morgan fingerprint density at radius 1 is 0.969 bits per heavy atom. The number of aryl methyl sites for hydroxylation is 1. The molecule has 3 amide bonds. The third-order valence-corrected chi connectivity index (χ3v) is 5.75. The number of piperidine rings is 1. The molecule has 0 atom stereocenters. The van der Waals surface area contributed by atoms with E-state index in [1.54, 1.807) is 25.1 Å². The number of nitrogens with one attached hydrogen (secondary N) is 3. The van der Waals surface area contributed by atoms with Crippen molar-refractivity contribution in [3.05, 3.63) is 53.6 Å². The molecular formula is C25H32N4O3. The first kappa shape index (κ1) is 23.3. The predicted octanol–water partition coefficient (Wildman–Crippen LogP) is 4.27. The van der Waals surface area contributed by atoms with E-state index in [-0.39, 0.29) is 24.3 Å². The van der Waals surface area contributed by atoms with Crippen LogP contribution in [0.1, 0.15) is 49.0 Å². The summed E-state index contributed by atoms with van der Waals surface area (Å²) in [5.74, 6) is 0.402. The van der Waals surface area contributed by atoms with Crippen LogP contribution in [0.4, 0.5) is 17.1 Å². The Labute approximate surface area is 189 Å². The quantitative estimate of drug-likeness (QED) is 0.605. The first-order valence-electron chi connectivity index (χ1n) is 11.2. The normalized spacial score (nSPS) is 14.0. The number of anilines is 3. The molecule has 1 fully saturated rings. The highest BCUT2D eigenvalue weighted by molar-refractivity contribution is 5.97. The van der Waals surface area contributed by atoms with Gasteiger partial charge >= 0.3 is 0 Å². The van der Waals surface area contributed by atoms with Crippen LogP contribution < -0.4 is 16.0 Å². The fourth-order valence-corrected chi connectivity index (χ4v) is 3.62. The maximum atomic E-state index is 12.8. The Kier molecular flexibility index (Phi) is 7.87. The molecule has 7 heteroatoms. The van der Waals surface area contributed by atoms with Crippen molar-refractivity contribution in [2.24, 2.45) is 5.92 Å². The van der Waals surface area contributed by atoms with Gasteiger partial charge in [-0.15, -0.1) is 0 Å². The third kappa shape index (κ3) is 6.33. The molecule has 1 heterocycles. The Hall–Kier alpha value is -3.35.